The molecule has 0 radical (unpaired) electrons. The van der Waals surface area contributed by atoms with Crippen LogP contribution in [-0.4, -0.2) is 40.4 Å². The van der Waals surface area contributed by atoms with Gasteiger partial charge < -0.3 is 0 Å². The summed E-state index contributed by atoms with van der Waals surface area (Å²) >= 11 is -1.47. The average molecular weight is 335 g/mol. The summed E-state index contributed by atoms with van der Waals surface area (Å²) in [6, 6.07) is 0. The molecule has 0 saturated carbocycles. The fourth-order valence-corrected chi connectivity index (χ4v) is 12.3. The van der Waals surface area contributed by atoms with Gasteiger partial charge in [0.2, 0.25) is 0 Å². The summed E-state index contributed by atoms with van der Waals surface area (Å²) in [6.45, 7) is 4.68. The Morgan fingerprint density at radius 3 is 2.41 bits per heavy atom. The van der Waals surface area contributed by atoms with Gasteiger partial charge in [0.05, 0.1) is 0 Å². The monoisotopic (exact) mass is 335 g/mol. The van der Waals surface area contributed by atoms with E-state index in [1.54, 1.807) is 8.90 Å². The quantitative estimate of drug-likeness (QED) is 0.704. The Kier molecular flexibility index (Phi) is 7.10. The van der Waals surface area contributed by atoms with Gasteiger partial charge in [-0.1, -0.05) is 0 Å². The molecule has 1 aliphatic rings. The molecule has 0 aromatic heterocycles. The number of hydrogen-bond donors (Lipinski definition) is 0. The van der Waals surface area contributed by atoms with Gasteiger partial charge in [-0.05, 0) is 0 Å². The molecule has 1 aliphatic carbocycles. The number of rotatable bonds is 6. The van der Waals surface area contributed by atoms with E-state index >= 15 is 0 Å². The summed E-state index contributed by atoms with van der Waals surface area (Å²) in [6.07, 6.45) is 13.2. The van der Waals surface area contributed by atoms with Gasteiger partial charge in [-0.25, -0.2) is 0 Å². The number of allylic oxidation sites excluding steroid dienone is 5. The first-order chi connectivity index (χ1) is 8.19. The molecule has 0 amide bonds. The topological polar surface area (TPSA) is 3.24 Å². The van der Waals surface area contributed by atoms with Gasteiger partial charge in [0.1, 0.15) is 0 Å². The number of hydrogen-bond acceptors (Lipinski definition) is 1. The third-order valence-electron chi connectivity index (χ3n) is 3.25. The molecule has 0 aromatic rings. The maximum atomic E-state index is 2.42. The summed E-state index contributed by atoms with van der Waals surface area (Å²) in [5.74, 6) is 0. The second kappa shape index (κ2) is 8.07. The molecule has 0 spiro atoms. The minimum atomic E-state index is -1.47. The van der Waals surface area contributed by atoms with Crippen molar-refractivity contribution in [1.29, 1.82) is 0 Å². The summed E-state index contributed by atoms with van der Waals surface area (Å²) in [4.78, 5) is 2.20. The van der Waals surface area contributed by atoms with Crippen LogP contribution < -0.4 is 0 Å². The van der Waals surface area contributed by atoms with E-state index in [1.165, 1.54) is 21.2 Å². The Bertz CT molecular complexity index is 307. The van der Waals surface area contributed by atoms with Gasteiger partial charge in [0.15, 0.2) is 0 Å². The van der Waals surface area contributed by atoms with Crippen molar-refractivity contribution in [2.24, 2.45) is 0 Å². The van der Waals surface area contributed by atoms with E-state index in [9.17, 15) is 0 Å². The van der Waals surface area contributed by atoms with Gasteiger partial charge in [0, 0.05) is 0 Å². The molecule has 94 valence electrons. The number of nitrogens with zero attached hydrogens (tertiary/aromatic N) is 1. The normalized spacial score (nSPS) is 17.2. The van der Waals surface area contributed by atoms with E-state index in [0.29, 0.717) is 0 Å². The maximum absolute atomic E-state index is 2.42. The molecule has 1 nitrogen and oxygen atoms in total. The average Bonchev–Trinajstić information content (AvgIpc) is 2.29. The van der Waals surface area contributed by atoms with Gasteiger partial charge >= 0.3 is 115 Å². The Labute approximate surface area is 115 Å². The molecule has 0 saturated heterocycles. The first-order valence-electron chi connectivity index (χ1n) is 6.93. The van der Waals surface area contributed by atoms with Crippen molar-refractivity contribution in [3.63, 3.8) is 0 Å². The molecule has 17 heavy (non-hydrogen) atoms. The first-order valence-corrected chi connectivity index (χ1v) is 13.2. The van der Waals surface area contributed by atoms with Crippen LogP contribution in [0.25, 0.3) is 0 Å². The summed E-state index contributed by atoms with van der Waals surface area (Å²) in [7, 11) is 4.26. The van der Waals surface area contributed by atoms with Crippen LogP contribution in [0.5, 0.6) is 0 Å². The Morgan fingerprint density at radius 2 is 1.88 bits per heavy atom. The van der Waals surface area contributed by atoms with E-state index in [2.05, 4.69) is 57.3 Å². The zero-order valence-corrected chi connectivity index (χ0v) is 15.2. The van der Waals surface area contributed by atoms with Crippen LogP contribution in [0.2, 0.25) is 8.35 Å². The molecule has 0 aromatic carbocycles. The van der Waals surface area contributed by atoms with Crippen LogP contribution in [0.3, 0.4) is 0 Å². The van der Waals surface area contributed by atoms with Gasteiger partial charge in [-0.3, -0.25) is 0 Å². The molecule has 0 atom stereocenters. The standard InChI is InChI=1S/C9H12N.2C3H7.In/c1-10(2)8-9-6-4-3-5-7-9;2*1-3-2;/h3-5,8H,6H2,1-2H3;2*1,3H2,2H3;. The minimum absolute atomic E-state index is 1.14. The van der Waals surface area contributed by atoms with Crippen molar-refractivity contribution in [2.75, 3.05) is 14.1 Å². The van der Waals surface area contributed by atoms with Gasteiger partial charge in [-0.2, -0.15) is 0 Å². The molecular formula is C15H26InN. The van der Waals surface area contributed by atoms with Crippen LogP contribution in [0.15, 0.2) is 33.3 Å². The Morgan fingerprint density at radius 1 is 1.24 bits per heavy atom. The van der Waals surface area contributed by atoms with Crippen molar-refractivity contribution >= 4 is 21.4 Å². The van der Waals surface area contributed by atoms with E-state index in [-0.39, 0.29) is 0 Å². The zero-order valence-electron chi connectivity index (χ0n) is 11.9. The van der Waals surface area contributed by atoms with Gasteiger partial charge in [-0.15, -0.1) is 0 Å². The van der Waals surface area contributed by atoms with E-state index in [4.69, 9.17) is 0 Å². The van der Waals surface area contributed by atoms with E-state index in [0.717, 1.165) is 6.42 Å². The predicted molar refractivity (Wildman–Crippen MR) is 79.6 cm³/mol. The van der Waals surface area contributed by atoms with Crippen molar-refractivity contribution in [3.05, 3.63) is 33.3 Å². The first kappa shape index (κ1) is 14.9. The second-order valence-corrected chi connectivity index (χ2v) is 14.2. The van der Waals surface area contributed by atoms with Gasteiger partial charge in [0.25, 0.3) is 0 Å². The third-order valence-corrected chi connectivity index (χ3v) is 14.6. The fraction of sp³-hybridized carbons (Fsp3) is 0.600. The molecule has 1 rings (SSSR count). The van der Waals surface area contributed by atoms with Crippen LogP contribution >= 0.6 is 0 Å². The molecule has 0 unspecified atom stereocenters. The fourth-order valence-electron chi connectivity index (χ4n) is 2.58. The molecule has 0 aliphatic heterocycles. The Balaban J connectivity index is 2.88. The summed E-state index contributed by atoms with van der Waals surface area (Å²) in [5, 5.41) is 0. The SMILES string of the molecule is CC[CH2][In]([CH2]CC)[C]1=CC=CCC1=CN(C)C. The molecular weight excluding hydrogens is 309 g/mol. The summed E-state index contributed by atoms with van der Waals surface area (Å²) in [5.41, 5.74) is 1.60. The van der Waals surface area contributed by atoms with Crippen molar-refractivity contribution in [1.82, 2.24) is 4.90 Å². The molecule has 0 fully saturated rings. The predicted octanol–water partition coefficient (Wildman–Crippen LogP) is 4.17. The van der Waals surface area contributed by atoms with E-state index < -0.39 is 21.4 Å². The zero-order chi connectivity index (χ0) is 12.7. The van der Waals surface area contributed by atoms with Crippen molar-refractivity contribution < 1.29 is 0 Å². The second-order valence-electron chi connectivity index (χ2n) is 5.15. The molecule has 0 N–H and O–H groups in total. The van der Waals surface area contributed by atoms with Crippen molar-refractivity contribution in [3.8, 4) is 0 Å². The summed E-state index contributed by atoms with van der Waals surface area (Å²) < 4.78 is 4.84. The van der Waals surface area contributed by atoms with Crippen LogP contribution in [-0.2, 0) is 0 Å². The van der Waals surface area contributed by atoms with Crippen LogP contribution in [0.1, 0.15) is 33.1 Å². The molecule has 0 heterocycles. The third kappa shape index (κ3) is 4.95. The Hall–Kier alpha value is -0.110. The van der Waals surface area contributed by atoms with Crippen molar-refractivity contribution in [2.45, 2.75) is 41.5 Å². The molecule has 2 heteroatoms. The van der Waals surface area contributed by atoms with Crippen LogP contribution in [0.4, 0.5) is 0 Å². The van der Waals surface area contributed by atoms with Crippen LogP contribution in [0, 0.1) is 0 Å². The molecule has 0 bridgehead atoms. The van der Waals surface area contributed by atoms with E-state index in [1.807, 2.05) is 0 Å².